The number of ether oxygens (including phenoxy) is 2. The number of hydrogen-bond acceptors (Lipinski definition) is 7. The van der Waals surface area contributed by atoms with Crippen molar-refractivity contribution in [3.63, 3.8) is 0 Å². The highest BCUT2D eigenvalue weighted by atomic mass is 19.1. The van der Waals surface area contributed by atoms with Gasteiger partial charge in [-0.3, -0.25) is 19.3 Å². The van der Waals surface area contributed by atoms with Crippen LogP contribution in [-0.4, -0.2) is 108 Å². The van der Waals surface area contributed by atoms with Crippen molar-refractivity contribution in [3.05, 3.63) is 95.4 Å². The summed E-state index contributed by atoms with van der Waals surface area (Å²) in [6.45, 7) is 2.44. The highest BCUT2D eigenvalue weighted by molar-refractivity contribution is 5.96. The number of nitrogens with one attached hydrogen (secondary N) is 1. The summed E-state index contributed by atoms with van der Waals surface area (Å²) in [6.07, 6.45) is 3.05. The van der Waals surface area contributed by atoms with Crippen LogP contribution in [0.5, 0.6) is 5.88 Å². The van der Waals surface area contributed by atoms with Crippen molar-refractivity contribution in [2.24, 2.45) is 0 Å². The van der Waals surface area contributed by atoms with Gasteiger partial charge in [0.1, 0.15) is 24.6 Å². The van der Waals surface area contributed by atoms with E-state index in [-0.39, 0.29) is 73.8 Å². The number of halogens is 1. The molecule has 4 heterocycles. The molecule has 0 bridgehead atoms. The second-order valence-electron chi connectivity index (χ2n) is 11.4. The molecular formula is C33H36FN5O5. The quantitative estimate of drug-likeness (QED) is 0.479. The number of hydrogen-bond donors (Lipinski definition) is 1. The lowest BCUT2D eigenvalue weighted by Crippen LogP contribution is -2.59. The average molecular weight is 602 g/mol. The minimum absolute atomic E-state index is 0.00780. The number of carbonyl (C=O) groups is 3. The monoisotopic (exact) mass is 601 g/mol. The Kier molecular flexibility index (Phi) is 9.13. The Labute approximate surface area is 255 Å². The smallest absolute Gasteiger partial charge is 0.257 e. The van der Waals surface area contributed by atoms with Gasteiger partial charge in [0.2, 0.25) is 11.8 Å². The number of rotatable bonds is 5. The number of aromatic nitrogens is 1. The molecule has 2 fully saturated rings. The van der Waals surface area contributed by atoms with E-state index in [4.69, 9.17) is 9.47 Å². The summed E-state index contributed by atoms with van der Waals surface area (Å²) in [5.41, 5.74) is 1.53. The third-order valence-electron chi connectivity index (χ3n) is 8.48. The largest absolute Gasteiger partial charge is 0.475 e. The summed E-state index contributed by atoms with van der Waals surface area (Å²) < 4.78 is 26.7. The topological polar surface area (TPSA) is 104 Å². The Morgan fingerprint density at radius 2 is 1.80 bits per heavy atom. The zero-order valence-corrected chi connectivity index (χ0v) is 24.4. The number of pyridine rings is 1. The van der Waals surface area contributed by atoms with Gasteiger partial charge in [-0.1, -0.05) is 42.5 Å². The molecule has 3 aromatic rings. The Morgan fingerprint density at radius 3 is 2.64 bits per heavy atom. The number of nitrogens with zero attached hydrogens (tertiary/aromatic N) is 4. The van der Waals surface area contributed by atoms with E-state index in [0.29, 0.717) is 13.1 Å². The van der Waals surface area contributed by atoms with E-state index in [1.165, 1.54) is 34.9 Å². The van der Waals surface area contributed by atoms with Gasteiger partial charge in [0, 0.05) is 38.9 Å². The Hall–Kier alpha value is -4.35. The van der Waals surface area contributed by atoms with Crippen molar-refractivity contribution in [2.75, 3.05) is 52.5 Å². The molecule has 2 aromatic carbocycles. The van der Waals surface area contributed by atoms with Crippen LogP contribution in [0.4, 0.5) is 4.39 Å². The van der Waals surface area contributed by atoms with Gasteiger partial charge in [-0.15, -0.1) is 0 Å². The number of fused-ring (bicyclic) bond motifs is 3. The van der Waals surface area contributed by atoms with Gasteiger partial charge in [0.25, 0.3) is 11.8 Å². The van der Waals surface area contributed by atoms with Gasteiger partial charge in [0.15, 0.2) is 0 Å². The molecule has 2 saturated heterocycles. The molecule has 6 rings (SSSR count). The average Bonchev–Trinajstić information content (AvgIpc) is 3.43. The molecule has 3 aliphatic heterocycles. The highest BCUT2D eigenvalue weighted by Crippen LogP contribution is 2.22. The molecule has 0 radical (unpaired) electrons. The third kappa shape index (κ3) is 6.74. The fraction of sp³-hybridized carbons (Fsp3) is 0.394. The molecule has 1 N–H and O–H groups in total. The van der Waals surface area contributed by atoms with Gasteiger partial charge in [-0.2, -0.15) is 0 Å². The first-order valence-electron chi connectivity index (χ1n) is 15.1. The maximum atomic E-state index is 14.4. The fourth-order valence-electron chi connectivity index (χ4n) is 6.17. The molecule has 44 heavy (non-hydrogen) atoms. The minimum Gasteiger partial charge on any atom is -0.475 e. The van der Waals surface area contributed by atoms with E-state index in [1.807, 2.05) is 18.2 Å². The molecule has 3 amide bonds. The number of aryl methyl sites for hydroxylation is 1. The van der Waals surface area contributed by atoms with Crippen LogP contribution in [0.1, 0.15) is 32.7 Å². The first-order valence-corrected chi connectivity index (χ1v) is 15.1. The Morgan fingerprint density at radius 1 is 0.977 bits per heavy atom. The van der Waals surface area contributed by atoms with Crippen LogP contribution in [0.25, 0.3) is 0 Å². The van der Waals surface area contributed by atoms with Crippen LogP contribution in [0, 0.1) is 5.82 Å². The van der Waals surface area contributed by atoms with Crippen LogP contribution >= 0.6 is 0 Å². The van der Waals surface area contributed by atoms with Crippen molar-refractivity contribution in [1.82, 2.24) is 25.0 Å². The summed E-state index contributed by atoms with van der Waals surface area (Å²) in [5, 5.41) is 3.10. The number of benzene rings is 2. The van der Waals surface area contributed by atoms with Gasteiger partial charge >= 0.3 is 0 Å². The summed E-state index contributed by atoms with van der Waals surface area (Å²) >= 11 is 0. The van der Waals surface area contributed by atoms with E-state index in [1.54, 1.807) is 23.1 Å². The molecule has 3 atom stereocenters. The zero-order chi connectivity index (χ0) is 30.5. The molecule has 0 saturated carbocycles. The standard InChI is InChI=1S/C33H36FN5O5/c34-27-13-5-4-11-25(27)33(42)38-16-17-39-24(18-38)21-44-32-26(12-6-14-35-32)31(41)36-28-19-37(20-29(28)43-22-30(39)40)15-7-10-23-8-2-1-3-9-23/h1-6,8-9,11-14,24,28-29H,7,10,15-22H2,(H,36,41)/t24-,28+,29-/m0/s1. The molecule has 230 valence electrons. The lowest BCUT2D eigenvalue weighted by Gasteiger charge is -2.41. The van der Waals surface area contributed by atoms with Gasteiger partial charge in [0.05, 0.1) is 23.8 Å². The van der Waals surface area contributed by atoms with Crippen molar-refractivity contribution in [1.29, 1.82) is 0 Å². The van der Waals surface area contributed by atoms with Crippen LogP contribution in [0.2, 0.25) is 0 Å². The van der Waals surface area contributed by atoms with E-state index in [0.717, 1.165) is 19.4 Å². The fourth-order valence-corrected chi connectivity index (χ4v) is 6.17. The maximum Gasteiger partial charge on any atom is 0.257 e. The summed E-state index contributed by atoms with van der Waals surface area (Å²) in [6, 6.07) is 18.6. The predicted molar refractivity (Wildman–Crippen MR) is 160 cm³/mol. The SMILES string of the molecule is O=C1N[C@@H]2CN(CCCc3ccccc3)C[C@@H]2OCC(=O)N2CCN(C(=O)c3ccccc3F)C[C@H]2COc2ncccc21. The zero-order valence-electron chi connectivity index (χ0n) is 24.4. The second-order valence-corrected chi connectivity index (χ2v) is 11.4. The van der Waals surface area contributed by atoms with Crippen molar-refractivity contribution < 1.29 is 28.2 Å². The first-order chi connectivity index (χ1) is 21.5. The van der Waals surface area contributed by atoms with E-state index < -0.39 is 17.8 Å². The van der Waals surface area contributed by atoms with E-state index in [9.17, 15) is 18.8 Å². The molecule has 0 spiro atoms. The van der Waals surface area contributed by atoms with Crippen LogP contribution in [0.3, 0.4) is 0 Å². The number of amides is 3. The molecule has 3 aliphatic rings. The van der Waals surface area contributed by atoms with Crippen LogP contribution in [0.15, 0.2) is 72.9 Å². The van der Waals surface area contributed by atoms with E-state index in [2.05, 4.69) is 27.3 Å². The molecule has 1 aromatic heterocycles. The molecule has 0 unspecified atom stereocenters. The number of likely N-dealkylation sites (tertiary alicyclic amines) is 1. The normalized spacial score (nSPS) is 22.8. The molecule has 11 heteroatoms. The number of piperazine rings is 1. The van der Waals surface area contributed by atoms with Crippen molar-refractivity contribution >= 4 is 17.7 Å². The first kappa shape index (κ1) is 29.7. The maximum absolute atomic E-state index is 14.4. The number of carbonyl (C=O) groups excluding carboxylic acids is 3. The Balaban J connectivity index is 1.18. The summed E-state index contributed by atoms with van der Waals surface area (Å²) in [5.74, 6) is -1.47. The Bertz CT molecular complexity index is 1490. The predicted octanol–water partition coefficient (Wildman–Crippen LogP) is 2.40. The second kappa shape index (κ2) is 13.5. The molecular weight excluding hydrogens is 565 g/mol. The van der Waals surface area contributed by atoms with Crippen molar-refractivity contribution in [2.45, 2.75) is 31.0 Å². The van der Waals surface area contributed by atoms with Crippen LogP contribution in [-0.2, 0) is 16.0 Å². The van der Waals surface area contributed by atoms with Gasteiger partial charge in [-0.25, -0.2) is 9.37 Å². The third-order valence-corrected chi connectivity index (χ3v) is 8.48. The summed E-state index contributed by atoms with van der Waals surface area (Å²) in [7, 11) is 0. The lowest BCUT2D eigenvalue weighted by atomic mass is 10.1. The highest BCUT2D eigenvalue weighted by Gasteiger charge is 2.38. The van der Waals surface area contributed by atoms with Crippen LogP contribution < -0.4 is 10.1 Å². The van der Waals surface area contributed by atoms with Crippen molar-refractivity contribution in [3.8, 4) is 5.88 Å². The van der Waals surface area contributed by atoms with E-state index >= 15 is 0 Å². The van der Waals surface area contributed by atoms with Gasteiger partial charge < -0.3 is 24.6 Å². The lowest BCUT2D eigenvalue weighted by molar-refractivity contribution is -0.143. The minimum atomic E-state index is -0.597. The van der Waals surface area contributed by atoms with Gasteiger partial charge in [-0.05, 0) is 49.2 Å². The molecule has 0 aliphatic carbocycles. The molecule has 10 nitrogen and oxygen atoms in total. The summed E-state index contributed by atoms with van der Waals surface area (Å²) in [4.78, 5) is 49.9.